The summed E-state index contributed by atoms with van der Waals surface area (Å²) >= 11 is 0. The van der Waals surface area contributed by atoms with Crippen LogP contribution in [0.2, 0.25) is 0 Å². The van der Waals surface area contributed by atoms with Crippen LogP contribution < -0.4 is 5.32 Å². The maximum atomic E-state index is 12.7. The molecule has 2 aliphatic heterocycles. The molecule has 0 saturated carbocycles. The monoisotopic (exact) mass is 393 g/mol. The lowest BCUT2D eigenvalue weighted by Gasteiger charge is -2.36. The molecule has 6 nitrogen and oxygen atoms in total. The van der Waals surface area contributed by atoms with E-state index in [1.54, 1.807) is 30.3 Å². The van der Waals surface area contributed by atoms with E-state index < -0.39 is 10.0 Å². The zero-order valence-corrected chi connectivity index (χ0v) is 17.1. The third-order valence-electron chi connectivity index (χ3n) is 5.81. The second kappa shape index (κ2) is 8.71. The van der Waals surface area contributed by atoms with Gasteiger partial charge in [0, 0.05) is 44.2 Å². The molecule has 2 aliphatic rings. The summed E-state index contributed by atoms with van der Waals surface area (Å²) in [7, 11) is -3.46. The summed E-state index contributed by atoms with van der Waals surface area (Å²) in [5, 5.41) is 3.20. The summed E-state index contributed by atoms with van der Waals surface area (Å²) in [5.41, 5.74) is 0. The highest BCUT2D eigenvalue weighted by Crippen LogP contribution is 2.24. The fourth-order valence-electron chi connectivity index (χ4n) is 3.98. The minimum absolute atomic E-state index is 0.0876. The van der Waals surface area contributed by atoms with Crippen molar-refractivity contribution in [3.8, 4) is 0 Å². The fourth-order valence-corrected chi connectivity index (χ4v) is 5.47. The third-order valence-corrected chi connectivity index (χ3v) is 7.72. The van der Waals surface area contributed by atoms with Crippen molar-refractivity contribution in [2.75, 3.05) is 26.2 Å². The molecule has 0 unspecified atom stereocenters. The Morgan fingerprint density at radius 2 is 1.59 bits per heavy atom. The quantitative estimate of drug-likeness (QED) is 0.832. The lowest BCUT2D eigenvalue weighted by atomic mass is 9.95. The molecule has 2 fully saturated rings. The Labute approximate surface area is 163 Å². The number of piperidine rings is 2. The molecule has 1 aromatic rings. The number of hydrogen-bond donors (Lipinski definition) is 1. The van der Waals surface area contributed by atoms with Gasteiger partial charge in [-0.25, -0.2) is 8.42 Å². The Morgan fingerprint density at radius 1 is 1.00 bits per heavy atom. The minimum atomic E-state index is -3.46. The largest absolute Gasteiger partial charge is 0.353 e. The average Bonchev–Trinajstić information content (AvgIpc) is 2.69. The number of nitrogens with one attached hydrogen (secondary N) is 1. The SMILES string of the molecule is CC(C)N1CCC(NC(=O)C2CCN(S(=O)(=O)c3ccccc3)CC2)CC1. The minimum Gasteiger partial charge on any atom is -0.353 e. The van der Waals surface area contributed by atoms with Gasteiger partial charge in [-0.3, -0.25) is 4.79 Å². The third kappa shape index (κ3) is 4.89. The highest BCUT2D eigenvalue weighted by molar-refractivity contribution is 7.89. The van der Waals surface area contributed by atoms with Crippen molar-refractivity contribution in [2.45, 2.75) is 56.5 Å². The fraction of sp³-hybridized carbons (Fsp3) is 0.650. The number of rotatable bonds is 5. The van der Waals surface area contributed by atoms with Crippen LogP contribution in [0.4, 0.5) is 0 Å². The van der Waals surface area contributed by atoms with E-state index in [1.165, 1.54) is 4.31 Å². The predicted molar refractivity (Wildman–Crippen MR) is 106 cm³/mol. The first-order valence-electron chi connectivity index (χ1n) is 9.97. The first-order valence-corrected chi connectivity index (χ1v) is 11.4. The molecule has 0 aromatic heterocycles. The smallest absolute Gasteiger partial charge is 0.243 e. The van der Waals surface area contributed by atoms with Crippen LogP contribution in [0.25, 0.3) is 0 Å². The maximum Gasteiger partial charge on any atom is 0.243 e. The molecule has 0 atom stereocenters. The van der Waals surface area contributed by atoms with E-state index in [4.69, 9.17) is 0 Å². The van der Waals surface area contributed by atoms with E-state index in [0.717, 1.165) is 25.9 Å². The average molecular weight is 394 g/mol. The van der Waals surface area contributed by atoms with Gasteiger partial charge in [-0.15, -0.1) is 0 Å². The summed E-state index contributed by atoms with van der Waals surface area (Å²) in [4.78, 5) is 15.4. The van der Waals surface area contributed by atoms with Crippen LogP contribution in [0, 0.1) is 5.92 Å². The topological polar surface area (TPSA) is 69.7 Å². The highest BCUT2D eigenvalue weighted by Gasteiger charge is 2.33. The van der Waals surface area contributed by atoms with Gasteiger partial charge >= 0.3 is 0 Å². The Morgan fingerprint density at radius 3 is 2.15 bits per heavy atom. The molecule has 150 valence electrons. The molecule has 27 heavy (non-hydrogen) atoms. The summed E-state index contributed by atoms with van der Waals surface area (Å²) in [6.07, 6.45) is 3.15. The normalized spacial score (nSPS) is 21.4. The van der Waals surface area contributed by atoms with Gasteiger partial charge in [-0.1, -0.05) is 18.2 Å². The van der Waals surface area contributed by atoms with Gasteiger partial charge in [-0.2, -0.15) is 4.31 Å². The first-order chi connectivity index (χ1) is 12.9. The van der Waals surface area contributed by atoms with Crippen molar-refractivity contribution >= 4 is 15.9 Å². The number of carbonyl (C=O) groups is 1. The van der Waals surface area contributed by atoms with E-state index in [9.17, 15) is 13.2 Å². The van der Waals surface area contributed by atoms with Gasteiger partial charge in [0.25, 0.3) is 0 Å². The number of amides is 1. The molecule has 2 saturated heterocycles. The molecule has 2 heterocycles. The molecule has 1 amide bonds. The van der Waals surface area contributed by atoms with Gasteiger partial charge < -0.3 is 10.2 Å². The van der Waals surface area contributed by atoms with Crippen molar-refractivity contribution in [1.82, 2.24) is 14.5 Å². The van der Waals surface area contributed by atoms with Crippen LogP contribution in [0.5, 0.6) is 0 Å². The summed E-state index contributed by atoms with van der Waals surface area (Å²) in [6.45, 7) is 7.27. The Hall–Kier alpha value is -1.44. The molecule has 3 rings (SSSR count). The number of hydrogen-bond acceptors (Lipinski definition) is 4. The predicted octanol–water partition coefficient (Wildman–Crippen LogP) is 2.08. The van der Waals surface area contributed by atoms with Gasteiger partial charge in [0.2, 0.25) is 15.9 Å². The molecular formula is C20H31N3O3S. The lowest BCUT2D eigenvalue weighted by molar-refractivity contribution is -0.127. The van der Waals surface area contributed by atoms with Gasteiger partial charge in [0.1, 0.15) is 0 Å². The molecule has 0 spiro atoms. The van der Waals surface area contributed by atoms with Crippen molar-refractivity contribution < 1.29 is 13.2 Å². The van der Waals surface area contributed by atoms with E-state index in [2.05, 4.69) is 24.1 Å². The van der Waals surface area contributed by atoms with Crippen molar-refractivity contribution in [1.29, 1.82) is 0 Å². The second-order valence-corrected chi connectivity index (χ2v) is 9.84. The van der Waals surface area contributed by atoms with E-state index in [0.29, 0.717) is 36.9 Å². The Bertz CT molecular complexity index is 720. The second-order valence-electron chi connectivity index (χ2n) is 7.90. The van der Waals surface area contributed by atoms with Crippen LogP contribution in [-0.4, -0.2) is 61.8 Å². The molecule has 0 radical (unpaired) electrons. The number of carbonyl (C=O) groups excluding carboxylic acids is 1. The lowest BCUT2D eigenvalue weighted by Crippen LogP contribution is -2.49. The standard InChI is InChI=1S/C20H31N3O3S/c1-16(2)22-12-10-18(11-13-22)21-20(24)17-8-14-23(15-9-17)27(25,26)19-6-4-3-5-7-19/h3-7,16-18H,8-15H2,1-2H3,(H,21,24). The molecule has 1 N–H and O–H groups in total. The Balaban J connectivity index is 1.48. The van der Waals surface area contributed by atoms with Crippen LogP contribution in [0.1, 0.15) is 39.5 Å². The molecular weight excluding hydrogens is 362 g/mol. The zero-order valence-electron chi connectivity index (χ0n) is 16.3. The highest BCUT2D eigenvalue weighted by atomic mass is 32.2. The summed E-state index contributed by atoms with van der Waals surface area (Å²) in [5.74, 6) is 0.00473. The summed E-state index contributed by atoms with van der Waals surface area (Å²) < 4.78 is 26.9. The number of sulfonamides is 1. The first kappa shape index (κ1) is 20.3. The van der Waals surface area contributed by atoms with E-state index >= 15 is 0 Å². The molecule has 0 aliphatic carbocycles. The number of likely N-dealkylation sites (tertiary alicyclic amines) is 1. The van der Waals surface area contributed by atoms with Crippen LogP contribution in [0.3, 0.4) is 0 Å². The van der Waals surface area contributed by atoms with Gasteiger partial charge in [0.05, 0.1) is 4.90 Å². The summed E-state index contributed by atoms with van der Waals surface area (Å²) in [6, 6.07) is 9.32. The molecule has 7 heteroatoms. The maximum absolute atomic E-state index is 12.7. The number of nitrogens with zero attached hydrogens (tertiary/aromatic N) is 2. The van der Waals surface area contributed by atoms with Crippen LogP contribution in [0.15, 0.2) is 35.2 Å². The van der Waals surface area contributed by atoms with Crippen molar-refractivity contribution in [2.24, 2.45) is 5.92 Å². The zero-order chi connectivity index (χ0) is 19.4. The van der Waals surface area contributed by atoms with E-state index in [-0.39, 0.29) is 17.9 Å². The Kier molecular flexibility index (Phi) is 6.55. The van der Waals surface area contributed by atoms with Gasteiger partial charge in [-0.05, 0) is 51.7 Å². The van der Waals surface area contributed by atoms with Crippen LogP contribution in [-0.2, 0) is 14.8 Å². The van der Waals surface area contributed by atoms with Crippen LogP contribution >= 0.6 is 0 Å². The molecule has 0 bridgehead atoms. The molecule has 1 aromatic carbocycles. The van der Waals surface area contributed by atoms with E-state index in [1.807, 2.05) is 0 Å². The van der Waals surface area contributed by atoms with Crippen molar-refractivity contribution in [3.05, 3.63) is 30.3 Å². The van der Waals surface area contributed by atoms with Gasteiger partial charge in [0.15, 0.2) is 0 Å². The number of benzene rings is 1. The van der Waals surface area contributed by atoms with Crippen molar-refractivity contribution in [3.63, 3.8) is 0 Å².